The normalized spacial score (nSPS) is 19.8. The molecule has 1 amide bonds. The molecule has 0 bridgehead atoms. The number of rotatable bonds is 2. The van der Waals surface area contributed by atoms with Gasteiger partial charge in [-0.2, -0.15) is 0 Å². The van der Waals surface area contributed by atoms with Crippen molar-refractivity contribution in [3.63, 3.8) is 0 Å². The van der Waals surface area contributed by atoms with Gasteiger partial charge in [0.1, 0.15) is 11.6 Å². The molecule has 2 rings (SSSR count). The van der Waals surface area contributed by atoms with Gasteiger partial charge in [-0.15, -0.1) is 0 Å². The van der Waals surface area contributed by atoms with E-state index in [9.17, 15) is 13.6 Å². The highest BCUT2D eigenvalue weighted by Gasteiger charge is 2.23. The van der Waals surface area contributed by atoms with Crippen molar-refractivity contribution in [2.75, 3.05) is 18.8 Å². The Balaban J connectivity index is 2.17. The third-order valence-electron chi connectivity index (χ3n) is 4.03. The standard InChI is InChI=1S/C15H20F2N2O/c1-2-10-4-3-6-19(7-5-10)15(20)11-8-14(18)13(17)9-12(11)16/h8-10H,2-7,18H2,1H3. The first-order valence-electron chi connectivity index (χ1n) is 7.06. The average Bonchev–Trinajstić information content (AvgIpc) is 2.67. The first-order valence-corrected chi connectivity index (χ1v) is 7.06. The summed E-state index contributed by atoms with van der Waals surface area (Å²) in [5, 5.41) is 0. The quantitative estimate of drug-likeness (QED) is 0.847. The van der Waals surface area contributed by atoms with E-state index in [-0.39, 0.29) is 11.3 Å². The van der Waals surface area contributed by atoms with Gasteiger partial charge in [0.25, 0.3) is 5.91 Å². The maximum absolute atomic E-state index is 13.7. The van der Waals surface area contributed by atoms with Gasteiger partial charge in [-0.1, -0.05) is 13.3 Å². The summed E-state index contributed by atoms with van der Waals surface area (Å²) in [6, 6.07) is 1.77. The molecule has 3 nitrogen and oxygen atoms in total. The van der Waals surface area contributed by atoms with Crippen LogP contribution in [-0.4, -0.2) is 23.9 Å². The van der Waals surface area contributed by atoms with E-state index in [4.69, 9.17) is 5.73 Å². The smallest absolute Gasteiger partial charge is 0.256 e. The summed E-state index contributed by atoms with van der Waals surface area (Å²) in [5.74, 6) is -1.46. The zero-order chi connectivity index (χ0) is 14.7. The zero-order valence-corrected chi connectivity index (χ0v) is 11.7. The molecule has 20 heavy (non-hydrogen) atoms. The third kappa shape index (κ3) is 3.08. The van der Waals surface area contributed by atoms with Crippen LogP contribution in [0.25, 0.3) is 0 Å². The summed E-state index contributed by atoms with van der Waals surface area (Å²) in [6.07, 6.45) is 4.04. The van der Waals surface area contributed by atoms with Crippen molar-refractivity contribution in [1.82, 2.24) is 4.90 Å². The summed E-state index contributed by atoms with van der Waals surface area (Å²) in [5.41, 5.74) is 5.08. The van der Waals surface area contributed by atoms with Gasteiger partial charge in [-0.05, 0) is 31.2 Å². The Morgan fingerprint density at radius 1 is 1.30 bits per heavy atom. The maximum atomic E-state index is 13.7. The molecule has 1 atom stereocenters. The molecule has 2 N–H and O–H groups in total. The number of nitrogens with two attached hydrogens (primary N) is 1. The van der Waals surface area contributed by atoms with Gasteiger partial charge >= 0.3 is 0 Å². The average molecular weight is 282 g/mol. The summed E-state index contributed by atoms with van der Waals surface area (Å²) in [7, 11) is 0. The molecule has 1 aliphatic heterocycles. The lowest BCUT2D eigenvalue weighted by Crippen LogP contribution is -2.32. The van der Waals surface area contributed by atoms with Crippen LogP contribution in [-0.2, 0) is 0 Å². The number of carbonyl (C=O) groups excluding carboxylic acids is 1. The number of amides is 1. The lowest BCUT2D eigenvalue weighted by atomic mass is 9.98. The lowest BCUT2D eigenvalue weighted by Gasteiger charge is -2.21. The first-order chi connectivity index (χ1) is 9.52. The monoisotopic (exact) mass is 282 g/mol. The maximum Gasteiger partial charge on any atom is 0.256 e. The van der Waals surface area contributed by atoms with Crippen molar-refractivity contribution in [1.29, 1.82) is 0 Å². The van der Waals surface area contributed by atoms with Crippen molar-refractivity contribution in [3.8, 4) is 0 Å². The van der Waals surface area contributed by atoms with Crippen molar-refractivity contribution >= 4 is 11.6 Å². The van der Waals surface area contributed by atoms with Crippen LogP contribution < -0.4 is 5.73 Å². The van der Waals surface area contributed by atoms with Gasteiger partial charge in [-0.25, -0.2) is 8.78 Å². The van der Waals surface area contributed by atoms with E-state index < -0.39 is 17.5 Å². The van der Waals surface area contributed by atoms with Gasteiger partial charge < -0.3 is 10.6 Å². The molecule has 0 radical (unpaired) electrons. The Kier molecular flexibility index (Phi) is 4.57. The van der Waals surface area contributed by atoms with Crippen LogP contribution in [0.1, 0.15) is 43.0 Å². The van der Waals surface area contributed by atoms with E-state index in [0.29, 0.717) is 25.1 Å². The van der Waals surface area contributed by atoms with E-state index in [0.717, 1.165) is 31.7 Å². The molecule has 5 heteroatoms. The highest BCUT2D eigenvalue weighted by atomic mass is 19.1. The molecule has 1 heterocycles. The fraction of sp³-hybridized carbons (Fsp3) is 0.533. The number of benzene rings is 1. The third-order valence-corrected chi connectivity index (χ3v) is 4.03. The van der Waals surface area contributed by atoms with Crippen LogP contribution >= 0.6 is 0 Å². The van der Waals surface area contributed by atoms with Gasteiger partial charge in [0, 0.05) is 19.2 Å². The summed E-state index contributed by atoms with van der Waals surface area (Å²) < 4.78 is 26.9. The number of anilines is 1. The lowest BCUT2D eigenvalue weighted by molar-refractivity contribution is 0.0755. The van der Waals surface area contributed by atoms with Crippen molar-refractivity contribution < 1.29 is 13.6 Å². The van der Waals surface area contributed by atoms with E-state index in [1.54, 1.807) is 4.90 Å². The molecular formula is C15H20F2N2O. The van der Waals surface area contributed by atoms with E-state index in [1.807, 2.05) is 0 Å². The molecule has 1 saturated heterocycles. The Morgan fingerprint density at radius 2 is 2.05 bits per heavy atom. The van der Waals surface area contributed by atoms with E-state index >= 15 is 0 Å². The Labute approximate surface area is 117 Å². The second kappa shape index (κ2) is 6.20. The highest BCUT2D eigenvalue weighted by molar-refractivity contribution is 5.95. The minimum atomic E-state index is -0.849. The summed E-state index contributed by atoms with van der Waals surface area (Å²) in [6.45, 7) is 3.38. The summed E-state index contributed by atoms with van der Waals surface area (Å²) >= 11 is 0. The second-order valence-corrected chi connectivity index (χ2v) is 5.35. The Bertz CT molecular complexity index is 505. The van der Waals surface area contributed by atoms with Gasteiger partial charge in [-0.3, -0.25) is 4.79 Å². The van der Waals surface area contributed by atoms with E-state index in [2.05, 4.69) is 6.92 Å². The van der Waals surface area contributed by atoms with Crippen LogP contribution in [0, 0.1) is 17.6 Å². The molecule has 1 aromatic carbocycles. The fourth-order valence-corrected chi connectivity index (χ4v) is 2.68. The molecule has 0 aromatic heterocycles. The van der Waals surface area contributed by atoms with Gasteiger partial charge in [0.05, 0.1) is 11.3 Å². The topological polar surface area (TPSA) is 46.3 Å². The zero-order valence-electron chi connectivity index (χ0n) is 11.7. The van der Waals surface area contributed by atoms with Crippen molar-refractivity contribution in [2.45, 2.75) is 32.6 Å². The van der Waals surface area contributed by atoms with Gasteiger partial charge in [0.2, 0.25) is 0 Å². The predicted molar refractivity (Wildman–Crippen MR) is 74.3 cm³/mol. The van der Waals surface area contributed by atoms with Crippen LogP contribution in [0.4, 0.5) is 14.5 Å². The minimum Gasteiger partial charge on any atom is -0.396 e. The summed E-state index contributed by atoms with van der Waals surface area (Å²) in [4.78, 5) is 14.0. The molecule has 1 fully saturated rings. The molecule has 1 aliphatic rings. The SMILES string of the molecule is CCC1CCCN(C(=O)c2cc(N)c(F)cc2F)CC1. The van der Waals surface area contributed by atoms with Crippen LogP contribution in [0.15, 0.2) is 12.1 Å². The second-order valence-electron chi connectivity index (χ2n) is 5.35. The predicted octanol–water partition coefficient (Wildman–Crippen LogP) is 3.20. The fourth-order valence-electron chi connectivity index (χ4n) is 2.68. The number of halogens is 2. The Hall–Kier alpha value is -1.65. The number of likely N-dealkylation sites (tertiary alicyclic amines) is 1. The number of nitrogens with zero attached hydrogens (tertiary/aromatic N) is 1. The number of hydrogen-bond acceptors (Lipinski definition) is 2. The minimum absolute atomic E-state index is 0.140. The van der Waals surface area contributed by atoms with Crippen molar-refractivity contribution in [3.05, 3.63) is 29.3 Å². The molecule has 0 saturated carbocycles. The largest absolute Gasteiger partial charge is 0.396 e. The molecule has 0 spiro atoms. The molecular weight excluding hydrogens is 262 g/mol. The highest BCUT2D eigenvalue weighted by Crippen LogP contribution is 2.23. The van der Waals surface area contributed by atoms with E-state index in [1.165, 1.54) is 0 Å². The molecule has 110 valence electrons. The van der Waals surface area contributed by atoms with Crippen molar-refractivity contribution in [2.24, 2.45) is 5.92 Å². The van der Waals surface area contributed by atoms with Crippen LogP contribution in [0.5, 0.6) is 0 Å². The first kappa shape index (κ1) is 14.8. The molecule has 0 aliphatic carbocycles. The molecule has 1 aromatic rings. The number of carbonyl (C=O) groups is 1. The van der Waals surface area contributed by atoms with Crippen LogP contribution in [0.3, 0.4) is 0 Å². The molecule has 1 unspecified atom stereocenters. The Morgan fingerprint density at radius 3 is 2.75 bits per heavy atom. The van der Waals surface area contributed by atoms with Crippen LogP contribution in [0.2, 0.25) is 0 Å². The number of nitrogen functional groups attached to an aromatic ring is 1. The number of hydrogen-bond donors (Lipinski definition) is 1. The van der Waals surface area contributed by atoms with Gasteiger partial charge in [0.15, 0.2) is 0 Å².